The number of hydrogen-bond acceptors (Lipinski definition) is 5. The van der Waals surface area contributed by atoms with Crippen LogP contribution in [0.5, 0.6) is 5.75 Å². The molecular weight excluding hydrogens is 376 g/mol. The summed E-state index contributed by atoms with van der Waals surface area (Å²) in [6, 6.07) is 7.92. The summed E-state index contributed by atoms with van der Waals surface area (Å²) in [7, 11) is -0.349. The fraction of sp³-hybridized carbons (Fsp3) is 0.471. The van der Waals surface area contributed by atoms with Crippen LogP contribution in [0.3, 0.4) is 0 Å². The number of methoxy groups -OCH3 is 1. The van der Waals surface area contributed by atoms with E-state index in [1.165, 1.54) is 14.6 Å². The lowest BCUT2D eigenvalue weighted by molar-refractivity contribution is 0.181. The number of piperazine rings is 1. The number of aromatic nitrogens is 2. The predicted octanol–water partition coefficient (Wildman–Crippen LogP) is 1.90. The van der Waals surface area contributed by atoms with E-state index in [1.807, 2.05) is 24.3 Å². The first-order chi connectivity index (χ1) is 12.3. The molecule has 1 fully saturated rings. The van der Waals surface area contributed by atoms with Crippen LogP contribution in [0, 0.1) is 6.92 Å². The number of sulfonamides is 1. The summed E-state index contributed by atoms with van der Waals surface area (Å²) in [5.41, 5.74) is 1.60. The average Bonchev–Trinajstić information content (AvgIpc) is 2.88. The Kier molecular flexibility index (Phi) is 5.57. The maximum Gasteiger partial charge on any atom is 0.248 e. The number of ether oxygens (including phenoxy) is 1. The molecule has 0 atom stereocenters. The molecule has 0 aliphatic carbocycles. The van der Waals surface area contributed by atoms with Gasteiger partial charge in [0.2, 0.25) is 10.0 Å². The molecule has 1 aliphatic rings. The molecule has 0 bridgehead atoms. The van der Waals surface area contributed by atoms with Gasteiger partial charge < -0.3 is 4.74 Å². The van der Waals surface area contributed by atoms with Crippen molar-refractivity contribution in [2.45, 2.75) is 18.4 Å². The Labute approximate surface area is 159 Å². The van der Waals surface area contributed by atoms with E-state index in [1.54, 1.807) is 21.1 Å². The zero-order valence-corrected chi connectivity index (χ0v) is 16.7. The number of nitrogens with zero attached hydrogens (tertiary/aromatic N) is 4. The van der Waals surface area contributed by atoms with E-state index < -0.39 is 10.0 Å². The summed E-state index contributed by atoms with van der Waals surface area (Å²) in [6.07, 6.45) is 0. The smallest absolute Gasteiger partial charge is 0.248 e. The molecule has 2 heterocycles. The summed E-state index contributed by atoms with van der Waals surface area (Å²) in [4.78, 5) is 2.36. The molecule has 26 heavy (non-hydrogen) atoms. The van der Waals surface area contributed by atoms with Crippen LogP contribution in [0.15, 0.2) is 29.2 Å². The van der Waals surface area contributed by atoms with Crippen LogP contribution >= 0.6 is 11.6 Å². The lowest BCUT2D eigenvalue weighted by atomic mass is 10.2. The van der Waals surface area contributed by atoms with Crippen molar-refractivity contribution in [1.82, 2.24) is 19.0 Å². The van der Waals surface area contributed by atoms with Crippen LogP contribution in [-0.2, 0) is 23.6 Å². The van der Waals surface area contributed by atoms with Gasteiger partial charge in [0.05, 0.1) is 12.8 Å². The highest BCUT2D eigenvalue weighted by Gasteiger charge is 2.33. The molecule has 7 nitrogen and oxygen atoms in total. The molecule has 1 aromatic heterocycles. The fourth-order valence-electron chi connectivity index (χ4n) is 3.15. The molecule has 0 amide bonds. The van der Waals surface area contributed by atoms with E-state index in [9.17, 15) is 8.42 Å². The lowest BCUT2D eigenvalue weighted by Gasteiger charge is -2.34. The van der Waals surface area contributed by atoms with Crippen LogP contribution in [-0.4, -0.2) is 60.7 Å². The Balaban J connectivity index is 1.65. The van der Waals surface area contributed by atoms with Crippen molar-refractivity contribution >= 4 is 21.6 Å². The minimum Gasteiger partial charge on any atom is -0.497 e. The van der Waals surface area contributed by atoms with E-state index in [0.29, 0.717) is 31.9 Å². The third kappa shape index (κ3) is 3.73. The van der Waals surface area contributed by atoms with Gasteiger partial charge in [-0.2, -0.15) is 9.40 Å². The van der Waals surface area contributed by atoms with Gasteiger partial charge in [0.15, 0.2) is 0 Å². The monoisotopic (exact) mass is 398 g/mol. The number of hydrogen-bond donors (Lipinski definition) is 0. The molecule has 1 aromatic carbocycles. The van der Waals surface area contributed by atoms with E-state index in [4.69, 9.17) is 16.3 Å². The van der Waals surface area contributed by atoms with E-state index in [-0.39, 0.29) is 10.0 Å². The maximum absolute atomic E-state index is 12.9. The summed E-state index contributed by atoms with van der Waals surface area (Å²) in [5, 5.41) is 4.27. The van der Waals surface area contributed by atoms with E-state index in [0.717, 1.165) is 12.3 Å². The van der Waals surface area contributed by atoms with Gasteiger partial charge in [0, 0.05) is 39.8 Å². The van der Waals surface area contributed by atoms with Crippen molar-refractivity contribution in [3.63, 3.8) is 0 Å². The van der Waals surface area contributed by atoms with Crippen LogP contribution in [0.4, 0.5) is 0 Å². The van der Waals surface area contributed by atoms with Crippen molar-refractivity contribution < 1.29 is 13.2 Å². The van der Waals surface area contributed by atoms with Crippen LogP contribution in [0.2, 0.25) is 5.15 Å². The van der Waals surface area contributed by atoms with Gasteiger partial charge in [0.25, 0.3) is 0 Å². The number of aryl methyl sites for hydroxylation is 2. The Morgan fingerprint density at radius 1 is 1.15 bits per heavy atom. The predicted molar refractivity (Wildman–Crippen MR) is 100.0 cm³/mol. The fourth-order valence-corrected chi connectivity index (χ4v) is 5.28. The first-order valence-electron chi connectivity index (χ1n) is 8.37. The minimum absolute atomic E-state index is 0.116. The molecule has 0 spiro atoms. The lowest BCUT2D eigenvalue weighted by Crippen LogP contribution is -2.48. The highest BCUT2D eigenvalue weighted by atomic mass is 35.5. The second-order valence-corrected chi connectivity index (χ2v) is 8.59. The van der Waals surface area contributed by atoms with Crippen molar-refractivity contribution in [2.24, 2.45) is 7.05 Å². The quantitative estimate of drug-likeness (QED) is 0.769. The van der Waals surface area contributed by atoms with Gasteiger partial charge in [-0.25, -0.2) is 8.42 Å². The molecule has 0 saturated carbocycles. The van der Waals surface area contributed by atoms with E-state index >= 15 is 0 Å². The molecule has 1 aliphatic heterocycles. The number of benzene rings is 1. The van der Waals surface area contributed by atoms with Crippen LogP contribution < -0.4 is 4.74 Å². The molecule has 142 valence electrons. The topological polar surface area (TPSA) is 67.7 Å². The molecule has 2 aromatic rings. The van der Waals surface area contributed by atoms with Crippen molar-refractivity contribution in [3.8, 4) is 5.75 Å². The van der Waals surface area contributed by atoms with Crippen LogP contribution in [0.25, 0.3) is 0 Å². The Morgan fingerprint density at radius 3 is 2.27 bits per heavy atom. The third-order valence-electron chi connectivity index (χ3n) is 4.59. The standard InChI is InChI=1S/C17H23ClN4O3S/c1-13-16(17(18)20(2)19-13)26(23,24)22-10-8-21(9-11-22)12-14-4-6-15(25-3)7-5-14/h4-7H,8-12H2,1-3H3. The zero-order chi connectivity index (χ0) is 18.9. The van der Waals surface area contributed by atoms with Gasteiger partial charge in [-0.1, -0.05) is 23.7 Å². The van der Waals surface area contributed by atoms with Gasteiger partial charge in [-0.3, -0.25) is 9.58 Å². The molecule has 9 heteroatoms. The maximum atomic E-state index is 12.9. The third-order valence-corrected chi connectivity index (χ3v) is 7.19. The zero-order valence-electron chi connectivity index (χ0n) is 15.1. The first-order valence-corrected chi connectivity index (χ1v) is 10.2. The van der Waals surface area contributed by atoms with Crippen LogP contribution in [0.1, 0.15) is 11.3 Å². The summed E-state index contributed by atoms with van der Waals surface area (Å²) >= 11 is 6.15. The normalized spacial score (nSPS) is 16.8. The Hall–Kier alpha value is -1.61. The number of halogens is 1. The highest BCUT2D eigenvalue weighted by Crippen LogP contribution is 2.28. The Morgan fingerprint density at radius 2 is 1.77 bits per heavy atom. The van der Waals surface area contributed by atoms with Gasteiger partial charge in [0.1, 0.15) is 15.8 Å². The van der Waals surface area contributed by atoms with Gasteiger partial charge >= 0.3 is 0 Å². The van der Waals surface area contributed by atoms with Crippen molar-refractivity contribution in [3.05, 3.63) is 40.7 Å². The van der Waals surface area contributed by atoms with Crippen molar-refractivity contribution in [2.75, 3.05) is 33.3 Å². The largest absolute Gasteiger partial charge is 0.497 e. The summed E-state index contributed by atoms with van der Waals surface area (Å²) < 4.78 is 33.9. The van der Waals surface area contributed by atoms with Gasteiger partial charge in [-0.15, -0.1) is 0 Å². The summed E-state index contributed by atoms with van der Waals surface area (Å²) in [5.74, 6) is 0.827. The minimum atomic E-state index is -3.63. The molecule has 0 unspecified atom stereocenters. The summed E-state index contributed by atoms with van der Waals surface area (Å²) in [6.45, 7) is 4.65. The second kappa shape index (κ2) is 7.56. The first kappa shape index (κ1) is 19.2. The molecule has 0 radical (unpaired) electrons. The average molecular weight is 399 g/mol. The molecule has 0 N–H and O–H groups in total. The molecule has 1 saturated heterocycles. The molecular formula is C17H23ClN4O3S. The van der Waals surface area contributed by atoms with Crippen molar-refractivity contribution in [1.29, 1.82) is 0 Å². The van der Waals surface area contributed by atoms with E-state index in [2.05, 4.69) is 10.00 Å². The second-order valence-electron chi connectivity index (χ2n) is 6.36. The molecule has 3 rings (SSSR count). The van der Waals surface area contributed by atoms with Gasteiger partial charge in [-0.05, 0) is 24.6 Å². The Bertz CT molecular complexity index is 872. The number of rotatable bonds is 5. The highest BCUT2D eigenvalue weighted by molar-refractivity contribution is 7.89. The SMILES string of the molecule is COc1ccc(CN2CCN(S(=O)(=O)c3c(C)nn(C)c3Cl)CC2)cc1.